The van der Waals surface area contributed by atoms with Crippen molar-refractivity contribution in [1.29, 1.82) is 0 Å². The van der Waals surface area contributed by atoms with Crippen molar-refractivity contribution in [3.63, 3.8) is 0 Å². The van der Waals surface area contributed by atoms with Crippen LogP contribution in [-0.2, 0) is 28.2 Å². The van der Waals surface area contributed by atoms with E-state index in [4.69, 9.17) is 19.3 Å². The smallest absolute Gasteiger partial charge is 0.462 e. The highest BCUT2D eigenvalue weighted by Crippen LogP contribution is 2.35. The molecular weight excluding hydrogens is 659 g/mol. The molecule has 0 fully saturated rings. The maximum Gasteiger partial charge on any atom is 0.469 e. The lowest BCUT2D eigenvalue weighted by atomic mass is 10.1. The minimum Gasteiger partial charge on any atom is -0.462 e. The Morgan fingerprint density at radius 1 is 0.660 bits per heavy atom. The van der Waals surface area contributed by atoms with Gasteiger partial charge in [0.15, 0.2) is 6.10 Å². The van der Waals surface area contributed by atoms with E-state index >= 15 is 0 Å². The average molecular weight is 723 g/mol. The lowest BCUT2D eigenvalue weighted by molar-refractivity contribution is -0.161. The topological polar surface area (TPSA) is 160 Å². The summed E-state index contributed by atoms with van der Waals surface area (Å²) in [5, 5.41) is 19.9. The van der Waals surface area contributed by atoms with Gasteiger partial charge >= 0.3 is 19.8 Å². The Morgan fingerprint density at radius 2 is 1.30 bits per heavy atom. The second-order valence-corrected chi connectivity index (χ2v) is 13.1. The molecule has 0 spiro atoms. The minimum atomic E-state index is -4.80. The largest absolute Gasteiger partial charge is 0.469 e. The van der Waals surface area contributed by atoms with Crippen LogP contribution in [0, 0.1) is 0 Å². The normalized spacial score (nSPS) is 14.8. The molecule has 0 saturated heterocycles. The number of hydrogen-bond donors (Lipinski definition) is 4. The van der Waals surface area contributed by atoms with E-state index in [9.17, 15) is 24.4 Å². The van der Waals surface area contributed by atoms with Gasteiger partial charge in [0.05, 0.1) is 18.8 Å². The zero-order valence-electron chi connectivity index (χ0n) is 30.2. The fourth-order valence-corrected chi connectivity index (χ4v) is 4.69. The van der Waals surface area contributed by atoms with Gasteiger partial charge in [0.25, 0.3) is 0 Å². The molecule has 0 heterocycles. The van der Waals surface area contributed by atoms with Crippen LogP contribution in [0.25, 0.3) is 0 Å². The van der Waals surface area contributed by atoms with Crippen LogP contribution < -0.4 is 0 Å². The van der Waals surface area contributed by atoms with Gasteiger partial charge in [0.2, 0.25) is 0 Å². The molecule has 0 aliphatic heterocycles. The first kappa shape index (κ1) is 47.1. The monoisotopic (exact) mass is 722 g/mol. The number of aliphatic hydroxyl groups is 2. The third-order valence-corrected chi connectivity index (χ3v) is 7.56. The second kappa shape index (κ2) is 33.3. The first-order valence-electron chi connectivity index (χ1n) is 18.1. The van der Waals surface area contributed by atoms with Crippen LogP contribution in [0.2, 0.25) is 0 Å². The van der Waals surface area contributed by atoms with Crippen molar-refractivity contribution >= 4 is 19.8 Å². The maximum absolute atomic E-state index is 12.3. The Kier molecular flexibility index (Phi) is 31.4. The Hall–Kier alpha value is -2.85. The Balaban J connectivity index is 4.29. The van der Waals surface area contributed by atoms with Crippen molar-refractivity contribution < 1.29 is 48.2 Å². The zero-order valence-corrected chi connectivity index (χ0v) is 31.1. The molecule has 0 rings (SSSR count). The number of unbranched alkanes of at least 4 members (excludes halogenated alkanes) is 8. The molecule has 10 nitrogen and oxygen atoms in total. The van der Waals surface area contributed by atoms with Crippen LogP contribution >= 0.6 is 7.82 Å². The quantitative estimate of drug-likeness (QED) is 0.0180. The number of ether oxygens (including phenoxy) is 2. The van der Waals surface area contributed by atoms with Crippen molar-refractivity contribution in [3.05, 3.63) is 85.1 Å². The molecule has 0 amide bonds. The summed E-state index contributed by atoms with van der Waals surface area (Å²) in [5.41, 5.74) is 0. The molecule has 0 aromatic rings. The fraction of sp³-hybridized carbons (Fsp3) is 0.590. The van der Waals surface area contributed by atoms with Gasteiger partial charge in [-0.3, -0.25) is 14.1 Å². The summed E-state index contributed by atoms with van der Waals surface area (Å²) < 4.78 is 26.1. The Bertz CT molecular complexity index is 1120. The van der Waals surface area contributed by atoms with Crippen molar-refractivity contribution in [3.8, 4) is 0 Å². The molecule has 0 aromatic heterocycles. The third-order valence-electron chi connectivity index (χ3n) is 7.07. The highest BCUT2D eigenvalue weighted by Gasteiger charge is 2.22. The van der Waals surface area contributed by atoms with E-state index in [1.165, 1.54) is 12.8 Å². The standard InChI is InChI=1S/C39H63O10P/c1-3-5-7-8-9-10-11-12-16-19-25-32-39(43)49-37(34-48-50(44,45)46)33-47-38(42)31-26-20-24-30-36(41)29-23-18-15-13-14-17-22-28-35(40)27-21-6-4-2/h6,8-9,14-15,17-18,21-24,28-30,35-37,40-41H,3-5,7,10-13,16,19-20,25-27,31-34H2,1-2H3,(H2,44,45,46)/b9-8-,17-14-,18-15-,21-6-,28-22+,29-23+,30-24-/t35-,36-,37-/m1/s1. The summed E-state index contributed by atoms with van der Waals surface area (Å²) in [6.45, 7) is 3.25. The first-order valence-corrected chi connectivity index (χ1v) is 19.6. The molecule has 3 atom stereocenters. The van der Waals surface area contributed by atoms with E-state index in [0.717, 1.165) is 44.9 Å². The van der Waals surface area contributed by atoms with E-state index in [1.54, 1.807) is 30.4 Å². The fourth-order valence-electron chi connectivity index (χ4n) is 4.33. The van der Waals surface area contributed by atoms with E-state index in [-0.39, 0.29) is 19.4 Å². The number of hydrogen-bond acceptors (Lipinski definition) is 8. The van der Waals surface area contributed by atoms with Crippen molar-refractivity contribution in [2.24, 2.45) is 0 Å². The minimum absolute atomic E-state index is 0.0745. The molecule has 0 aliphatic rings. The van der Waals surface area contributed by atoms with Crippen LogP contribution in [0.1, 0.15) is 117 Å². The highest BCUT2D eigenvalue weighted by atomic mass is 31.2. The molecule has 11 heteroatoms. The first-order chi connectivity index (χ1) is 24.1. The maximum atomic E-state index is 12.3. The molecule has 0 saturated carbocycles. The van der Waals surface area contributed by atoms with E-state index in [0.29, 0.717) is 32.1 Å². The second-order valence-electron chi connectivity index (χ2n) is 11.9. The molecule has 284 valence electrons. The van der Waals surface area contributed by atoms with E-state index < -0.39 is 44.7 Å². The SMILES string of the molecule is CC/C=C\C[C@@H](O)/C=C/C=C\C/C=C\C=C\[C@@H](O)/C=C\CCCC(=O)OC[C@H](COP(=O)(O)O)OC(=O)CCCCCCC/C=C\CCCC. The number of esters is 2. The summed E-state index contributed by atoms with van der Waals surface area (Å²) in [7, 11) is -4.80. The van der Waals surface area contributed by atoms with Gasteiger partial charge in [-0.1, -0.05) is 131 Å². The van der Waals surface area contributed by atoms with Crippen LogP contribution in [0.15, 0.2) is 85.1 Å². The van der Waals surface area contributed by atoms with Gasteiger partial charge in [0.1, 0.15) is 6.61 Å². The molecule has 4 N–H and O–H groups in total. The van der Waals surface area contributed by atoms with Crippen molar-refractivity contribution in [1.82, 2.24) is 0 Å². The van der Waals surface area contributed by atoms with Crippen LogP contribution in [-0.4, -0.2) is 63.5 Å². The van der Waals surface area contributed by atoms with Crippen molar-refractivity contribution in [2.45, 2.75) is 135 Å². The van der Waals surface area contributed by atoms with Crippen LogP contribution in [0.3, 0.4) is 0 Å². The lowest BCUT2D eigenvalue weighted by Crippen LogP contribution is -2.29. The number of phosphoric acid groups is 1. The summed E-state index contributed by atoms with van der Waals surface area (Å²) in [6, 6.07) is 0. The highest BCUT2D eigenvalue weighted by molar-refractivity contribution is 7.46. The zero-order chi connectivity index (χ0) is 37.1. The van der Waals surface area contributed by atoms with Gasteiger partial charge in [-0.25, -0.2) is 4.57 Å². The molecule has 0 unspecified atom stereocenters. The number of rotatable bonds is 31. The predicted molar refractivity (Wildman–Crippen MR) is 200 cm³/mol. The molecule has 0 radical (unpaired) electrons. The van der Waals surface area contributed by atoms with Gasteiger partial charge < -0.3 is 29.5 Å². The predicted octanol–water partition coefficient (Wildman–Crippen LogP) is 8.45. The van der Waals surface area contributed by atoms with Crippen molar-refractivity contribution in [2.75, 3.05) is 13.2 Å². The van der Waals surface area contributed by atoms with Gasteiger partial charge in [-0.15, -0.1) is 0 Å². The molecule has 0 aliphatic carbocycles. The number of carbonyl (C=O) groups excluding carboxylic acids is 2. The summed E-state index contributed by atoms with van der Waals surface area (Å²) in [5.74, 6) is -1.09. The van der Waals surface area contributed by atoms with Gasteiger partial charge in [-0.2, -0.15) is 0 Å². The summed E-state index contributed by atoms with van der Waals surface area (Å²) in [6.07, 6.45) is 36.7. The molecule has 0 bridgehead atoms. The summed E-state index contributed by atoms with van der Waals surface area (Å²) in [4.78, 5) is 42.6. The van der Waals surface area contributed by atoms with E-state index in [1.807, 2.05) is 42.5 Å². The Morgan fingerprint density at radius 3 is 2.00 bits per heavy atom. The third kappa shape index (κ3) is 35.0. The van der Waals surface area contributed by atoms with Gasteiger partial charge in [0, 0.05) is 12.8 Å². The number of allylic oxidation sites excluding steroid dienone is 10. The van der Waals surface area contributed by atoms with Crippen LogP contribution in [0.4, 0.5) is 0 Å². The molecule has 50 heavy (non-hydrogen) atoms. The number of aliphatic hydroxyl groups excluding tert-OH is 2. The molecule has 0 aromatic carbocycles. The lowest BCUT2D eigenvalue weighted by Gasteiger charge is -2.18. The van der Waals surface area contributed by atoms with Crippen LogP contribution in [0.5, 0.6) is 0 Å². The van der Waals surface area contributed by atoms with Gasteiger partial charge in [-0.05, 0) is 57.8 Å². The van der Waals surface area contributed by atoms with E-state index in [2.05, 4.69) is 30.5 Å². The average Bonchev–Trinajstić information content (AvgIpc) is 3.07. The summed E-state index contributed by atoms with van der Waals surface area (Å²) >= 11 is 0. The Labute approximate surface area is 300 Å². The molecular formula is C39H63O10P. The number of phosphoric ester groups is 1. The number of carbonyl (C=O) groups is 2.